The van der Waals surface area contributed by atoms with Crippen molar-refractivity contribution < 1.29 is 14.8 Å². The molecule has 13 heteroatoms. The number of benzene rings is 2. The molecule has 0 bridgehead atoms. The minimum atomic E-state index is -1.24. The van der Waals surface area contributed by atoms with Crippen molar-refractivity contribution >= 4 is 39.1 Å². The third kappa shape index (κ3) is 5.06. The third-order valence-corrected chi connectivity index (χ3v) is 7.86. The van der Waals surface area contributed by atoms with Crippen molar-refractivity contribution in [2.45, 2.75) is 24.9 Å². The van der Waals surface area contributed by atoms with Crippen molar-refractivity contribution in [2.75, 3.05) is 13.1 Å². The minimum Gasteiger partial charge on any atom is -0.383 e. The number of hydrogen-bond donors (Lipinski definition) is 1. The first kappa shape index (κ1) is 26.0. The molecule has 1 aliphatic rings. The third-order valence-electron chi connectivity index (χ3n) is 6.65. The van der Waals surface area contributed by atoms with Crippen molar-refractivity contribution in [2.24, 2.45) is 7.05 Å². The zero-order chi connectivity index (χ0) is 27.0. The Hall–Kier alpha value is -3.61. The molecule has 4 aromatic rings. The van der Waals surface area contributed by atoms with Gasteiger partial charge < -0.3 is 10.0 Å². The fraction of sp³-hybridized carbons (Fsp3) is 0.280. The lowest BCUT2D eigenvalue weighted by Gasteiger charge is -2.24. The zero-order valence-corrected chi connectivity index (χ0v) is 22.6. The van der Waals surface area contributed by atoms with E-state index in [0.717, 1.165) is 10.2 Å². The number of nitro benzene ring substituents is 1. The van der Waals surface area contributed by atoms with Crippen LogP contribution in [0.15, 0.2) is 59.3 Å². The molecular weight excluding hydrogens is 578 g/mol. The Balaban J connectivity index is 1.34. The maximum Gasteiger partial charge on any atom is 0.269 e. The van der Waals surface area contributed by atoms with E-state index in [9.17, 15) is 20.0 Å². The summed E-state index contributed by atoms with van der Waals surface area (Å²) in [5.74, 6) is -0.217. The fourth-order valence-electron chi connectivity index (χ4n) is 4.58. The summed E-state index contributed by atoms with van der Waals surface area (Å²) in [6.45, 7) is 0.761. The van der Waals surface area contributed by atoms with E-state index < -0.39 is 10.5 Å². The maximum absolute atomic E-state index is 13.6. The van der Waals surface area contributed by atoms with Crippen LogP contribution in [0.2, 0.25) is 5.02 Å². The van der Waals surface area contributed by atoms with Crippen molar-refractivity contribution in [3.8, 4) is 16.9 Å². The number of carbonyl (C=O) groups excluding carboxylic acids is 1. The highest BCUT2D eigenvalue weighted by Gasteiger charge is 2.36. The zero-order valence-electron chi connectivity index (χ0n) is 20.3. The highest BCUT2D eigenvalue weighted by atomic mass is 79.9. The van der Waals surface area contributed by atoms with Crippen molar-refractivity contribution in [3.05, 3.63) is 85.7 Å². The van der Waals surface area contributed by atoms with E-state index >= 15 is 0 Å². The highest BCUT2D eigenvalue weighted by molar-refractivity contribution is 9.10. The summed E-state index contributed by atoms with van der Waals surface area (Å²) in [6.07, 6.45) is 4.61. The molecule has 11 nitrogen and oxygen atoms in total. The van der Waals surface area contributed by atoms with Crippen LogP contribution in [0.25, 0.3) is 16.9 Å². The smallest absolute Gasteiger partial charge is 0.269 e. The molecule has 0 saturated carbocycles. The lowest BCUT2D eigenvalue weighted by molar-refractivity contribution is -0.384. The summed E-state index contributed by atoms with van der Waals surface area (Å²) in [6, 6.07) is 11.3. The summed E-state index contributed by atoms with van der Waals surface area (Å²) >= 11 is 9.49. The summed E-state index contributed by atoms with van der Waals surface area (Å²) in [7, 11) is 1.72. The predicted octanol–water partition coefficient (Wildman–Crippen LogP) is 4.51. The number of carbonyl (C=O) groups is 1. The van der Waals surface area contributed by atoms with Gasteiger partial charge in [-0.2, -0.15) is 5.10 Å². The first-order valence-corrected chi connectivity index (χ1v) is 13.0. The van der Waals surface area contributed by atoms with Gasteiger partial charge in [0, 0.05) is 48.5 Å². The Kier molecular flexibility index (Phi) is 7.03. The molecule has 1 fully saturated rings. The van der Waals surface area contributed by atoms with Crippen LogP contribution >= 0.6 is 27.5 Å². The molecule has 3 heterocycles. The van der Waals surface area contributed by atoms with Gasteiger partial charge in [-0.05, 0) is 65.5 Å². The second-order valence-electron chi connectivity index (χ2n) is 9.19. The molecule has 0 aliphatic carbocycles. The largest absolute Gasteiger partial charge is 0.383 e. The van der Waals surface area contributed by atoms with E-state index in [2.05, 4.69) is 31.3 Å². The van der Waals surface area contributed by atoms with Gasteiger partial charge in [0.2, 0.25) is 0 Å². The number of hydrogen-bond acceptors (Lipinski definition) is 7. The SMILES string of the molecule is Cn1cc(C(=O)N2CCCC(O)(c3cn(-c4ccc(Cl)c(Br)c4)nn3)CC2)c(-c2ccc([N+](=O)[O-])cc2)n1. The van der Waals surface area contributed by atoms with Crippen LogP contribution in [0.1, 0.15) is 35.3 Å². The van der Waals surface area contributed by atoms with E-state index in [1.807, 2.05) is 6.07 Å². The predicted molar refractivity (Wildman–Crippen MR) is 143 cm³/mol. The van der Waals surface area contributed by atoms with Crippen LogP contribution in [0.5, 0.6) is 0 Å². The number of non-ortho nitro benzene ring substituents is 1. The van der Waals surface area contributed by atoms with Crippen molar-refractivity contribution in [1.82, 2.24) is 29.7 Å². The molecule has 0 radical (unpaired) electrons. The van der Waals surface area contributed by atoms with Gasteiger partial charge in [-0.15, -0.1) is 5.10 Å². The fourth-order valence-corrected chi connectivity index (χ4v) is 5.06. The monoisotopic (exact) mass is 599 g/mol. The van der Waals surface area contributed by atoms with Gasteiger partial charge in [-0.25, -0.2) is 4.68 Å². The normalized spacial score (nSPS) is 17.8. The first-order valence-electron chi connectivity index (χ1n) is 11.8. The first-order chi connectivity index (χ1) is 18.1. The van der Waals surface area contributed by atoms with Crippen molar-refractivity contribution in [1.29, 1.82) is 0 Å². The number of halogens is 2. The summed E-state index contributed by atoms with van der Waals surface area (Å²) < 4.78 is 3.85. The van der Waals surface area contributed by atoms with Gasteiger partial charge in [0.05, 0.1) is 27.4 Å². The molecule has 1 amide bonds. The van der Waals surface area contributed by atoms with Gasteiger partial charge in [-0.3, -0.25) is 19.6 Å². The van der Waals surface area contributed by atoms with Gasteiger partial charge >= 0.3 is 0 Å². The summed E-state index contributed by atoms with van der Waals surface area (Å²) in [5, 5.41) is 35.9. The average Bonchev–Trinajstić information content (AvgIpc) is 3.50. The van der Waals surface area contributed by atoms with Gasteiger partial charge in [0.15, 0.2) is 0 Å². The standard InChI is InChI=1S/C25H23BrClN7O4/c1-31-14-19(23(29-31)16-3-5-17(6-4-16)34(37)38)24(35)32-11-2-9-25(36,10-12-32)22-15-33(30-28-22)18-7-8-21(27)20(26)13-18/h3-8,13-15,36H,2,9-12H2,1H3. The summed E-state index contributed by atoms with van der Waals surface area (Å²) in [5.41, 5.74) is 1.35. The Morgan fingerprint density at radius 3 is 2.63 bits per heavy atom. The molecule has 2 aromatic heterocycles. The Morgan fingerprint density at radius 1 is 1.16 bits per heavy atom. The van der Waals surface area contributed by atoms with E-state index in [4.69, 9.17) is 11.6 Å². The van der Waals surface area contributed by atoms with Crippen LogP contribution in [-0.2, 0) is 12.6 Å². The number of nitrogens with zero attached hydrogens (tertiary/aromatic N) is 7. The van der Waals surface area contributed by atoms with Crippen molar-refractivity contribution in [3.63, 3.8) is 0 Å². The second kappa shape index (κ2) is 10.3. The molecule has 38 heavy (non-hydrogen) atoms. The topological polar surface area (TPSA) is 132 Å². The van der Waals surface area contributed by atoms with Crippen LogP contribution in [0, 0.1) is 10.1 Å². The van der Waals surface area contributed by atoms with Crippen LogP contribution in [-0.4, -0.2) is 58.7 Å². The number of aryl methyl sites for hydroxylation is 1. The molecule has 1 saturated heterocycles. The lowest BCUT2D eigenvalue weighted by Crippen LogP contribution is -2.34. The molecule has 1 aliphatic heterocycles. The number of nitro groups is 1. The molecule has 5 rings (SSSR count). The van der Waals surface area contributed by atoms with Crippen LogP contribution in [0.4, 0.5) is 5.69 Å². The van der Waals surface area contributed by atoms with Crippen LogP contribution in [0.3, 0.4) is 0 Å². The molecule has 1 N–H and O–H groups in total. The molecule has 196 valence electrons. The van der Waals surface area contributed by atoms with E-state index in [-0.39, 0.29) is 18.0 Å². The number of aromatic nitrogens is 5. The van der Waals surface area contributed by atoms with Gasteiger partial charge in [-0.1, -0.05) is 16.8 Å². The molecule has 0 spiro atoms. The lowest BCUT2D eigenvalue weighted by atomic mass is 9.92. The quantitative estimate of drug-likeness (QED) is 0.263. The molecule has 1 atom stereocenters. The summed E-state index contributed by atoms with van der Waals surface area (Å²) in [4.78, 5) is 25.8. The van der Waals surface area contributed by atoms with E-state index in [0.29, 0.717) is 53.5 Å². The highest BCUT2D eigenvalue weighted by Crippen LogP contribution is 2.33. The Bertz CT molecular complexity index is 1520. The molecule has 1 unspecified atom stereocenters. The maximum atomic E-state index is 13.6. The van der Waals surface area contributed by atoms with E-state index in [1.54, 1.807) is 58.0 Å². The average molecular weight is 601 g/mol. The van der Waals surface area contributed by atoms with E-state index in [1.165, 1.54) is 12.1 Å². The number of aliphatic hydroxyl groups is 1. The number of rotatable bonds is 5. The number of amides is 1. The Labute approximate surface area is 230 Å². The Morgan fingerprint density at radius 2 is 1.92 bits per heavy atom. The number of likely N-dealkylation sites (tertiary alicyclic amines) is 1. The van der Waals surface area contributed by atoms with Gasteiger partial charge in [0.25, 0.3) is 11.6 Å². The molecule has 2 aromatic carbocycles. The van der Waals surface area contributed by atoms with Gasteiger partial charge in [0.1, 0.15) is 17.0 Å². The second-order valence-corrected chi connectivity index (χ2v) is 10.5. The molecular formula is C25H23BrClN7O4. The minimum absolute atomic E-state index is 0.0370. The van der Waals surface area contributed by atoms with Crippen LogP contribution < -0.4 is 0 Å².